The van der Waals surface area contributed by atoms with Crippen LogP contribution in [0.5, 0.6) is 0 Å². The van der Waals surface area contributed by atoms with E-state index in [1.165, 1.54) is 28.9 Å². The van der Waals surface area contributed by atoms with Gasteiger partial charge >= 0.3 is 0 Å². The van der Waals surface area contributed by atoms with E-state index in [9.17, 15) is 14.4 Å². The number of nitrogens with two attached hydrogens (primary N) is 1. The number of hydrogen-bond donors (Lipinski definition) is 2. The summed E-state index contributed by atoms with van der Waals surface area (Å²) >= 11 is 5.98. The lowest BCUT2D eigenvalue weighted by atomic mass is 10.1. The number of carbonyl (C=O) groups is 1. The van der Waals surface area contributed by atoms with Crippen LogP contribution in [0.15, 0.2) is 59.1 Å². The summed E-state index contributed by atoms with van der Waals surface area (Å²) in [5.41, 5.74) is 8.23. The molecule has 0 bridgehead atoms. The van der Waals surface area contributed by atoms with E-state index in [0.29, 0.717) is 47.1 Å². The molecule has 0 unspecified atom stereocenters. The zero-order valence-corrected chi connectivity index (χ0v) is 18.0. The van der Waals surface area contributed by atoms with Gasteiger partial charge in [-0.3, -0.25) is 4.79 Å². The Morgan fingerprint density at radius 3 is 2.76 bits per heavy atom. The van der Waals surface area contributed by atoms with E-state index in [2.05, 4.69) is 21.6 Å². The number of nitrogens with zero attached hydrogens (tertiary/aromatic N) is 4. The number of halogens is 2. The van der Waals surface area contributed by atoms with E-state index in [4.69, 9.17) is 21.9 Å². The van der Waals surface area contributed by atoms with Crippen molar-refractivity contribution in [3.8, 4) is 23.1 Å². The summed E-state index contributed by atoms with van der Waals surface area (Å²) in [5, 5.41) is 21.0. The molecule has 4 aromatic rings. The van der Waals surface area contributed by atoms with Gasteiger partial charge in [-0.25, -0.2) is 9.07 Å². The highest BCUT2D eigenvalue weighted by Crippen LogP contribution is 2.24. The molecule has 0 aliphatic heterocycles. The number of nitrogens with one attached hydrogen (secondary N) is 1. The van der Waals surface area contributed by atoms with Crippen molar-refractivity contribution in [3.05, 3.63) is 82.4 Å². The van der Waals surface area contributed by atoms with Crippen molar-refractivity contribution in [1.29, 1.82) is 5.26 Å². The highest BCUT2D eigenvalue weighted by atomic mass is 35.5. The number of carbonyl (C=O) groups excluding carboxylic acids is 1. The molecule has 2 aromatic carbocycles. The molecule has 1 amide bonds. The van der Waals surface area contributed by atoms with Gasteiger partial charge in [-0.15, -0.1) is 0 Å². The fourth-order valence-electron chi connectivity index (χ4n) is 3.26. The summed E-state index contributed by atoms with van der Waals surface area (Å²) in [6.45, 7) is 0.326. The van der Waals surface area contributed by atoms with Crippen molar-refractivity contribution in [2.45, 2.75) is 12.8 Å². The van der Waals surface area contributed by atoms with E-state index in [0.717, 1.165) is 0 Å². The van der Waals surface area contributed by atoms with Crippen molar-refractivity contribution in [3.63, 3.8) is 0 Å². The maximum Gasteiger partial charge on any atom is 0.273 e. The van der Waals surface area contributed by atoms with Crippen molar-refractivity contribution < 1.29 is 13.7 Å². The zero-order chi connectivity index (χ0) is 23.4. The lowest BCUT2D eigenvalue weighted by Gasteiger charge is -2.03. The van der Waals surface area contributed by atoms with Crippen LogP contribution in [-0.2, 0) is 6.42 Å². The third-order valence-electron chi connectivity index (χ3n) is 4.90. The van der Waals surface area contributed by atoms with E-state index in [-0.39, 0.29) is 28.8 Å². The molecule has 0 saturated heterocycles. The number of benzene rings is 2. The highest BCUT2D eigenvalue weighted by Gasteiger charge is 2.17. The van der Waals surface area contributed by atoms with Crippen LogP contribution >= 0.6 is 11.6 Å². The minimum Gasteiger partial charge on any atom is -0.382 e. The maximum absolute atomic E-state index is 13.2. The number of rotatable bonds is 7. The van der Waals surface area contributed by atoms with Crippen LogP contribution in [0.1, 0.15) is 28.2 Å². The third kappa shape index (κ3) is 4.86. The molecule has 0 atom stereocenters. The monoisotopic (exact) mass is 464 g/mol. The Kier molecular flexibility index (Phi) is 6.38. The molecule has 4 rings (SSSR count). The number of nitriles is 1. The van der Waals surface area contributed by atoms with Crippen LogP contribution in [0.2, 0.25) is 5.02 Å². The second kappa shape index (κ2) is 9.54. The molecule has 0 spiro atoms. The van der Waals surface area contributed by atoms with Crippen molar-refractivity contribution >= 4 is 23.3 Å². The van der Waals surface area contributed by atoms with Gasteiger partial charge in [-0.2, -0.15) is 10.4 Å². The van der Waals surface area contributed by atoms with Crippen LogP contribution in [-0.4, -0.2) is 27.4 Å². The topological polar surface area (TPSA) is 123 Å². The molecule has 10 heteroatoms. The zero-order valence-electron chi connectivity index (χ0n) is 17.3. The van der Waals surface area contributed by atoms with E-state index in [1.54, 1.807) is 30.3 Å². The molecular weight excluding hydrogens is 447 g/mol. The second-order valence-electron chi connectivity index (χ2n) is 7.15. The minimum absolute atomic E-state index is 0.146. The summed E-state index contributed by atoms with van der Waals surface area (Å²) in [6.07, 6.45) is 0.924. The van der Waals surface area contributed by atoms with Gasteiger partial charge in [0.15, 0.2) is 11.5 Å². The molecule has 33 heavy (non-hydrogen) atoms. The molecule has 0 fully saturated rings. The lowest BCUT2D eigenvalue weighted by molar-refractivity contribution is 0.0944. The van der Waals surface area contributed by atoms with Crippen LogP contribution in [0.25, 0.3) is 17.0 Å². The molecule has 8 nitrogen and oxygen atoms in total. The van der Waals surface area contributed by atoms with Crippen LogP contribution in [0, 0.1) is 17.1 Å². The predicted octanol–water partition coefficient (Wildman–Crippen LogP) is 4.14. The Bertz CT molecular complexity index is 1340. The van der Waals surface area contributed by atoms with Crippen LogP contribution in [0.4, 0.5) is 10.2 Å². The van der Waals surface area contributed by atoms with Gasteiger partial charge in [0.05, 0.1) is 11.4 Å². The van der Waals surface area contributed by atoms with Crippen molar-refractivity contribution in [1.82, 2.24) is 20.3 Å². The molecule has 2 aromatic heterocycles. The van der Waals surface area contributed by atoms with Gasteiger partial charge in [0.2, 0.25) is 0 Å². The molecule has 166 valence electrons. The van der Waals surface area contributed by atoms with Gasteiger partial charge in [0.1, 0.15) is 23.3 Å². The Balaban J connectivity index is 1.36. The summed E-state index contributed by atoms with van der Waals surface area (Å²) in [6, 6.07) is 16.3. The first-order valence-corrected chi connectivity index (χ1v) is 10.4. The molecule has 0 aliphatic rings. The van der Waals surface area contributed by atoms with E-state index in [1.807, 2.05) is 0 Å². The van der Waals surface area contributed by atoms with E-state index < -0.39 is 0 Å². The predicted molar refractivity (Wildman–Crippen MR) is 120 cm³/mol. The van der Waals surface area contributed by atoms with Gasteiger partial charge in [0.25, 0.3) is 5.91 Å². The van der Waals surface area contributed by atoms with Gasteiger partial charge in [-0.05, 0) is 49.2 Å². The largest absolute Gasteiger partial charge is 0.382 e. The van der Waals surface area contributed by atoms with Gasteiger partial charge < -0.3 is 15.6 Å². The molecule has 2 heterocycles. The first kappa shape index (κ1) is 22.0. The average Bonchev–Trinajstić information content (AvgIpc) is 3.42. The number of aryl methyl sites for hydroxylation is 1. The fourth-order valence-corrected chi connectivity index (χ4v) is 3.45. The van der Waals surface area contributed by atoms with Gasteiger partial charge in [-0.1, -0.05) is 28.9 Å². The summed E-state index contributed by atoms with van der Waals surface area (Å²) in [4.78, 5) is 12.4. The normalized spacial score (nSPS) is 10.7. The molecule has 0 aliphatic carbocycles. The molecule has 3 N–H and O–H groups in total. The summed E-state index contributed by atoms with van der Waals surface area (Å²) in [5.74, 6) is -0.154. The van der Waals surface area contributed by atoms with Crippen molar-refractivity contribution in [2.75, 3.05) is 12.3 Å². The quantitative estimate of drug-likeness (QED) is 0.396. The number of hydrogen-bond acceptors (Lipinski definition) is 6. The SMILES string of the molecule is N#Cc1c(CCCNC(=O)c2cc(-c3cccc(Cl)c3)on2)nn(-c2ccc(F)cc2)c1N. The Hall–Kier alpha value is -4.16. The van der Waals surface area contributed by atoms with Crippen LogP contribution < -0.4 is 11.1 Å². The molecule has 0 radical (unpaired) electrons. The Morgan fingerprint density at radius 1 is 1.24 bits per heavy atom. The smallest absolute Gasteiger partial charge is 0.273 e. The Labute approximate surface area is 193 Å². The summed E-state index contributed by atoms with van der Waals surface area (Å²) in [7, 11) is 0. The summed E-state index contributed by atoms with van der Waals surface area (Å²) < 4.78 is 19.8. The van der Waals surface area contributed by atoms with Crippen LogP contribution in [0.3, 0.4) is 0 Å². The fraction of sp³-hybridized carbons (Fsp3) is 0.130. The third-order valence-corrected chi connectivity index (χ3v) is 5.14. The number of amides is 1. The van der Waals surface area contributed by atoms with E-state index >= 15 is 0 Å². The number of nitrogen functional groups attached to an aromatic ring is 1. The lowest BCUT2D eigenvalue weighted by Crippen LogP contribution is -2.25. The molecular formula is C23H18ClFN6O2. The highest BCUT2D eigenvalue weighted by molar-refractivity contribution is 6.30. The minimum atomic E-state index is -0.385. The Morgan fingerprint density at radius 2 is 2.03 bits per heavy atom. The first-order chi connectivity index (χ1) is 16.0. The average molecular weight is 465 g/mol. The standard InChI is InChI=1S/C23H18ClFN6O2/c24-15-4-1-3-14(11-15)21-12-20(30-33-21)23(32)28-10-2-5-19-18(13-26)22(27)31(29-19)17-8-6-16(25)7-9-17/h1,3-4,6-9,11-12H,2,5,10,27H2,(H,28,32). The van der Waals surface area contributed by atoms with Gasteiger partial charge in [0, 0.05) is 23.2 Å². The van der Waals surface area contributed by atoms with Crippen molar-refractivity contribution in [2.24, 2.45) is 0 Å². The number of anilines is 1. The first-order valence-electron chi connectivity index (χ1n) is 10.0. The molecule has 0 saturated carbocycles. The second-order valence-corrected chi connectivity index (χ2v) is 7.59. The maximum atomic E-state index is 13.2. The number of aromatic nitrogens is 3.